The van der Waals surface area contributed by atoms with E-state index in [1.165, 1.54) is 7.11 Å². The Kier molecular flexibility index (Phi) is 6.37. The number of benzene rings is 1. The molecule has 0 radical (unpaired) electrons. The Hall–Kier alpha value is -0.340. The summed E-state index contributed by atoms with van der Waals surface area (Å²) in [6.45, 7) is 0.205. The molecule has 0 aromatic heterocycles. The zero-order valence-corrected chi connectivity index (χ0v) is 13.9. The molecule has 1 aromatic carbocycles. The quantitative estimate of drug-likeness (QED) is 0.440. The van der Waals surface area contributed by atoms with Crippen molar-refractivity contribution in [2.24, 2.45) is 0 Å². The number of methoxy groups -OCH3 is 1. The first-order chi connectivity index (χ1) is 8.43. The molecule has 18 heavy (non-hydrogen) atoms. The van der Waals surface area contributed by atoms with Gasteiger partial charge in [-0.3, -0.25) is 9.59 Å². The molecule has 1 N–H and O–H groups in total. The second-order valence-electron chi connectivity index (χ2n) is 3.36. The number of nitrogens with one attached hydrogen (secondary N) is 1. The van der Waals surface area contributed by atoms with E-state index in [2.05, 4.69) is 26.0 Å². The summed E-state index contributed by atoms with van der Waals surface area (Å²) in [6, 6.07) is 4.90. The number of carbonyl (C=O) groups is 2. The molecule has 1 rings (SSSR count). The van der Waals surface area contributed by atoms with Crippen LogP contribution in [0, 0.1) is 0 Å². The third-order valence-electron chi connectivity index (χ3n) is 2.02. The summed E-state index contributed by atoms with van der Waals surface area (Å²) in [4.78, 5) is 23.0. The van der Waals surface area contributed by atoms with Crippen molar-refractivity contribution in [2.75, 3.05) is 13.7 Å². The fourth-order valence-corrected chi connectivity index (χ4v) is 2.52. The van der Waals surface area contributed by atoms with Gasteiger partial charge in [0, 0.05) is 21.6 Å². The first-order valence-corrected chi connectivity index (χ1v) is 7.32. The number of alkyl halides is 1. The Balaban J connectivity index is 2.63. The van der Waals surface area contributed by atoms with Gasteiger partial charge in [0.2, 0.25) is 0 Å². The number of esters is 1. The molecule has 98 valence electrons. The van der Waals surface area contributed by atoms with Crippen LogP contribution in [0.2, 0.25) is 5.02 Å². The number of hydrogen-bond acceptors (Lipinski definition) is 3. The number of carbonyl (C=O) groups excluding carboxylic acids is 2. The smallest absolute Gasteiger partial charge is 0.320 e. The van der Waals surface area contributed by atoms with E-state index in [1.807, 2.05) is 22.6 Å². The van der Waals surface area contributed by atoms with E-state index in [0.29, 0.717) is 10.6 Å². The minimum absolute atomic E-state index is 0.205. The molecule has 0 saturated carbocycles. The summed E-state index contributed by atoms with van der Waals surface area (Å²) in [5.41, 5.74) is 0.433. The predicted molar refractivity (Wildman–Crippen MR) is 81.3 cm³/mol. The van der Waals surface area contributed by atoms with Crippen LogP contribution >= 0.6 is 50.1 Å². The molecule has 1 unspecified atom stereocenters. The molecule has 0 bridgehead atoms. The van der Waals surface area contributed by atoms with Gasteiger partial charge in [-0.25, -0.2) is 0 Å². The lowest BCUT2D eigenvalue weighted by atomic mass is 10.2. The highest BCUT2D eigenvalue weighted by atomic mass is 127. The van der Waals surface area contributed by atoms with Crippen LogP contribution in [0.4, 0.5) is 0 Å². The van der Waals surface area contributed by atoms with Crippen LogP contribution in [0.1, 0.15) is 10.4 Å². The highest BCUT2D eigenvalue weighted by Gasteiger charge is 2.16. The number of halogens is 3. The van der Waals surface area contributed by atoms with Crippen molar-refractivity contribution >= 4 is 62.0 Å². The summed E-state index contributed by atoms with van der Waals surface area (Å²) in [7, 11) is 1.31. The van der Waals surface area contributed by atoms with Gasteiger partial charge in [-0.1, -0.05) is 50.1 Å². The van der Waals surface area contributed by atoms with Crippen LogP contribution in [-0.2, 0) is 9.53 Å². The van der Waals surface area contributed by atoms with Crippen LogP contribution in [0.25, 0.3) is 0 Å². The van der Waals surface area contributed by atoms with Gasteiger partial charge in [-0.2, -0.15) is 0 Å². The summed E-state index contributed by atoms with van der Waals surface area (Å²) in [5.74, 6) is -0.660. The van der Waals surface area contributed by atoms with Gasteiger partial charge in [0.15, 0.2) is 0 Å². The van der Waals surface area contributed by atoms with Gasteiger partial charge in [0.05, 0.1) is 7.11 Å². The van der Waals surface area contributed by atoms with Gasteiger partial charge >= 0.3 is 5.97 Å². The molecule has 4 nitrogen and oxygen atoms in total. The first kappa shape index (κ1) is 15.7. The molecule has 0 saturated heterocycles. The van der Waals surface area contributed by atoms with Crippen LogP contribution < -0.4 is 5.32 Å². The molecule has 1 aromatic rings. The second-order valence-corrected chi connectivity index (χ2v) is 6.21. The van der Waals surface area contributed by atoms with Crippen molar-refractivity contribution in [3.63, 3.8) is 0 Å². The van der Waals surface area contributed by atoms with E-state index in [9.17, 15) is 9.59 Å². The van der Waals surface area contributed by atoms with Crippen LogP contribution in [-0.4, -0.2) is 29.5 Å². The van der Waals surface area contributed by atoms with Crippen molar-refractivity contribution in [1.29, 1.82) is 0 Å². The molecule has 0 heterocycles. The fraction of sp³-hybridized carbons (Fsp3) is 0.273. The number of amides is 1. The Bertz CT molecular complexity index is 449. The molecule has 0 fully saturated rings. The van der Waals surface area contributed by atoms with Crippen molar-refractivity contribution in [3.05, 3.63) is 33.3 Å². The van der Waals surface area contributed by atoms with Crippen molar-refractivity contribution in [1.82, 2.24) is 5.32 Å². The normalized spacial score (nSPS) is 11.8. The van der Waals surface area contributed by atoms with Crippen LogP contribution in [0.3, 0.4) is 0 Å². The summed E-state index contributed by atoms with van der Waals surface area (Å²) >= 11 is 11.0. The monoisotopic (exact) mass is 445 g/mol. The molecular weight excluding hydrogens is 436 g/mol. The third kappa shape index (κ3) is 4.74. The van der Waals surface area contributed by atoms with E-state index >= 15 is 0 Å². The molecule has 0 spiro atoms. The lowest BCUT2D eigenvalue weighted by Crippen LogP contribution is -2.33. The minimum atomic E-state index is -0.417. The van der Waals surface area contributed by atoms with Gasteiger partial charge in [-0.05, 0) is 18.2 Å². The average Bonchev–Trinajstić information content (AvgIpc) is 2.33. The van der Waals surface area contributed by atoms with Crippen molar-refractivity contribution in [3.8, 4) is 0 Å². The van der Waals surface area contributed by atoms with Gasteiger partial charge < -0.3 is 10.1 Å². The number of ether oxygens (including phenoxy) is 1. The lowest BCUT2D eigenvalue weighted by Gasteiger charge is -2.09. The molecule has 1 amide bonds. The van der Waals surface area contributed by atoms with Crippen LogP contribution in [0.15, 0.2) is 22.7 Å². The molecule has 0 aliphatic carbocycles. The van der Waals surface area contributed by atoms with Crippen molar-refractivity contribution in [2.45, 2.75) is 3.92 Å². The SMILES string of the molecule is COC(=O)C(I)CNC(=O)c1cc(Cl)cc(Br)c1. The Morgan fingerprint density at radius 3 is 2.72 bits per heavy atom. The fourth-order valence-electron chi connectivity index (χ4n) is 1.18. The Morgan fingerprint density at radius 2 is 2.17 bits per heavy atom. The zero-order chi connectivity index (χ0) is 13.7. The average molecular weight is 446 g/mol. The lowest BCUT2D eigenvalue weighted by molar-refractivity contribution is -0.139. The van der Waals surface area contributed by atoms with Crippen LogP contribution in [0.5, 0.6) is 0 Å². The van der Waals surface area contributed by atoms with Gasteiger partial charge in [-0.15, -0.1) is 0 Å². The predicted octanol–water partition coefficient (Wildman–Crippen LogP) is 2.81. The number of hydrogen-bond donors (Lipinski definition) is 1. The van der Waals surface area contributed by atoms with E-state index in [1.54, 1.807) is 18.2 Å². The topological polar surface area (TPSA) is 55.4 Å². The van der Waals surface area contributed by atoms with E-state index in [0.717, 1.165) is 4.47 Å². The Labute approximate surface area is 132 Å². The summed E-state index contributed by atoms with van der Waals surface area (Å²) < 4.78 is 4.87. The minimum Gasteiger partial charge on any atom is -0.468 e. The zero-order valence-electron chi connectivity index (χ0n) is 9.38. The molecule has 0 aliphatic heterocycles. The standard InChI is InChI=1S/C11H10BrClINO3/c1-18-11(17)9(14)5-15-10(16)6-2-7(12)4-8(13)3-6/h2-4,9H,5H2,1H3,(H,15,16). The molecule has 1 atom stereocenters. The highest BCUT2D eigenvalue weighted by Crippen LogP contribution is 2.19. The molecule has 7 heteroatoms. The summed E-state index contributed by atoms with van der Waals surface area (Å²) in [5, 5.41) is 3.11. The van der Waals surface area contributed by atoms with E-state index < -0.39 is 3.92 Å². The van der Waals surface area contributed by atoms with Gasteiger partial charge in [0.25, 0.3) is 5.91 Å². The number of rotatable bonds is 4. The molecule has 0 aliphatic rings. The maximum absolute atomic E-state index is 11.8. The maximum Gasteiger partial charge on any atom is 0.320 e. The van der Waals surface area contributed by atoms with Crippen molar-refractivity contribution < 1.29 is 14.3 Å². The second kappa shape index (κ2) is 7.30. The first-order valence-electron chi connectivity index (χ1n) is 4.90. The van der Waals surface area contributed by atoms with E-state index in [4.69, 9.17) is 11.6 Å². The molecular formula is C11H10BrClINO3. The highest BCUT2D eigenvalue weighted by molar-refractivity contribution is 14.1. The van der Waals surface area contributed by atoms with Gasteiger partial charge in [0.1, 0.15) is 3.92 Å². The third-order valence-corrected chi connectivity index (χ3v) is 3.65. The largest absolute Gasteiger partial charge is 0.468 e. The van der Waals surface area contributed by atoms with E-state index in [-0.39, 0.29) is 18.4 Å². The summed E-state index contributed by atoms with van der Waals surface area (Å²) in [6.07, 6.45) is 0. The Morgan fingerprint density at radius 1 is 1.50 bits per heavy atom. The maximum atomic E-state index is 11.8.